The van der Waals surface area contributed by atoms with E-state index in [4.69, 9.17) is 0 Å². The first-order valence-corrected chi connectivity index (χ1v) is 7.06. The average molecular weight is 325 g/mol. The third-order valence-corrected chi connectivity index (χ3v) is 3.16. The van der Waals surface area contributed by atoms with E-state index in [-0.39, 0.29) is 11.6 Å². The standard InChI is InChI=1S/C17H15N3O4/c1-18-17(22)14-7-2-3-8-15(14)19-16(21)10-9-12-5-4-6-13(11-12)20(23)24/h2-11H,1H3,(H,18,22)(H,19,21)/b10-9+. The van der Waals surface area contributed by atoms with Crippen LogP contribution in [0.1, 0.15) is 15.9 Å². The van der Waals surface area contributed by atoms with E-state index in [1.807, 2.05) is 0 Å². The maximum atomic E-state index is 12.0. The number of nitrogens with zero attached hydrogens (tertiary/aromatic N) is 1. The fraction of sp³-hybridized carbons (Fsp3) is 0.0588. The fourth-order valence-corrected chi connectivity index (χ4v) is 2.01. The summed E-state index contributed by atoms with van der Waals surface area (Å²) in [4.78, 5) is 34.0. The molecule has 0 aliphatic rings. The third kappa shape index (κ3) is 4.26. The minimum atomic E-state index is -0.503. The molecule has 2 amide bonds. The third-order valence-electron chi connectivity index (χ3n) is 3.16. The van der Waals surface area contributed by atoms with Gasteiger partial charge in [-0.15, -0.1) is 0 Å². The highest BCUT2D eigenvalue weighted by Gasteiger charge is 2.10. The number of amides is 2. The van der Waals surface area contributed by atoms with Gasteiger partial charge in [-0.1, -0.05) is 24.3 Å². The van der Waals surface area contributed by atoms with Crippen LogP contribution in [0.15, 0.2) is 54.6 Å². The van der Waals surface area contributed by atoms with Gasteiger partial charge in [0.25, 0.3) is 11.6 Å². The zero-order valence-electron chi connectivity index (χ0n) is 12.9. The van der Waals surface area contributed by atoms with E-state index in [0.717, 1.165) is 0 Å². The Morgan fingerprint density at radius 3 is 2.58 bits per heavy atom. The van der Waals surface area contributed by atoms with Gasteiger partial charge in [0.1, 0.15) is 0 Å². The van der Waals surface area contributed by atoms with Gasteiger partial charge in [-0.2, -0.15) is 0 Å². The van der Waals surface area contributed by atoms with Crippen molar-refractivity contribution in [1.29, 1.82) is 0 Å². The zero-order valence-corrected chi connectivity index (χ0v) is 12.9. The minimum absolute atomic E-state index is 0.0532. The Labute approximate surface area is 138 Å². The Hall–Kier alpha value is -3.48. The van der Waals surface area contributed by atoms with Crippen LogP contribution in [0.25, 0.3) is 6.08 Å². The Morgan fingerprint density at radius 1 is 1.12 bits per heavy atom. The molecule has 0 radical (unpaired) electrons. The highest BCUT2D eigenvalue weighted by molar-refractivity contribution is 6.07. The normalized spacial score (nSPS) is 10.4. The molecule has 0 aliphatic carbocycles. The molecule has 7 nitrogen and oxygen atoms in total. The van der Waals surface area contributed by atoms with Gasteiger partial charge in [0.15, 0.2) is 0 Å². The minimum Gasteiger partial charge on any atom is -0.355 e. The Bertz CT molecular complexity index is 815. The summed E-state index contributed by atoms with van der Waals surface area (Å²) < 4.78 is 0. The summed E-state index contributed by atoms with van der Waals surface area (Å²) in [5.74, 6) is -0.758. The lowest BCUT2D eigenvalue weighted by atomic mass is 10.1. The second kappa shape index (κ2) is 7.68. The quantitative estimate of drug-likeness (QED) is 0.501. The molecule has 0 aliphatic heterocycles. The maximum absolute atomic E-state index is 12.0. The smallest absolute Gasteiger partial charge is 0.270 e. The second-order valence-electron chi connectivity index (χ2n) is 4.80. The molecule has 0 heterocycles. The number of anilines is 1. The first-order valence-electron chi connectivity index (χ1n) is 7.06. The molecule has 2 N–H and O–H groups in total. The number of para-hydroxylation sites is 1. The molecular weight excluding hydrogens is 310 g/mol. The molecule has 0 unspecified atom stereocenters. The maximum Gasteiger partial charge on any atom is 0.270 e. The Morgan fingerprint density at radius 2 is 1.88 bits per heavy atom. The summed E-state index contributed by atoms with van der Waals surface area (Å²) in [6.07, 6.45) is 2.71. The highest BCUT2D eigenvalue weighted by Crippen LogP contribution is 2.16. The number of carbonyl (C=O) groups excluding carboxylic acids is 2. The number of nitro benzene ring substituents is 1. The van der Waals surface area contributed by atoms with Crippen LogP contribution in [-0.2, 0) is 4.79 Å². The molecule has 0 bridgehead atoms. The molecule has 0 aromatic heterocycles. The first kappa shape index (κ1) is 16.9. The van der Waals surface area contributed by atoms with Crippen LogP contribution < -0.4 is 10.6 Å². The molecule has 7 heteroatoms. The molecule has 0 spiro atoms. The van der Waals surface area contributed by atoms with Crippen molar-refractivity contribution < 1.29 is 14.5 Å². The van der Waals surface area contributed by atoms with E-state index in [9.17, 15) is 19.7 Å². The van der Waals surface area contributed by atoms with Gasteiger partial charge in [0, 0.05) is 25.3 Å². The number of benzene rings is 2. The van der Waals surface area contributed by atoms with Crippen LogP contribution in [0.3, 0.4) is 0 Å². The number of nitro groups is 1. The van der Waals surface area contributed by atoms with Crippen molar-refractivity contribution >= 4 is 29.3 Å². The van der Waals surface area contributed by atoms with Crippen molar-refractivity contribution in [2.75, 3.05) is 12.4 Å². The first-order chi connectivity index (χ1) is 11.5. The average Bonchev–Trinajstić information content (AvgIpc) is 2.60. The van der Waals surface area contributed by atoms with Gasteiger partial charge >= 0.3 is 0 Å². The summed E-state index contributed by atoms with van der Waals surface area (Å²) in [7, 11) is 1.50. The molecule has 122 valence electrons. The summed E-state index contributed by atoms with van der Waals surface area (Å²) in [6.45, 7) is 0. The Balaban J connectivity index is 2.13. The van der Waals surface area contributed by atoms with Gasteiger partial charge in [-0.25, -0.2) is 0 Å². The van der Waals surface area contributed by atoms with E-state index in [2.05, 4.69) is 10.6 Å². The van der Waals surface area contributed by atoms with E-state index < -0.39 is 10.8 Å². The molecule has 2 aromatic rings. The predicted octanol–water partition coefficient (Wildman–Crippen LogP) is 2.61. The number of nitrogens with one attached hydrogen (secondary N) is 2. The summed E-state index contributed by atoms with van der Waals surface area (Å²) in [5, 5.41) is 15.8. The van der Waals surface area contributed by atoms with E-state index in [1.165, 1.54) is 37.4 Å². The molecule has 2 aromatic carbocycles. The summed E-state index contributed by atoms with van der Waals surface area (Å²) in [6, 6.07) is 12.5. The van der Waals surface area contributed by atoms with E-state index in [0.29, 0.717) is 16.8 Å². The van der Waals surface area contributed by atoms with Crippen molar-refractivity contribution in [3.8, 4) is 0 Å². The monoisotopic (exact) mass is 325 g/mol. The van der Waals surface area contributed by atoms with Crippen molar-refractivity contribution in [2.45, 2.75) is 0 Å². The number of non-ortho nitro benzene ring substituents is 1. The van der Waals surface area contributed by atoms with Crippen molar-refractivity contribution in [1.82, 2.24) is 5.32 Å². The van der Waals surface area contributed by atoms with Gasteiger partial charge in [0.2, 0.25) is 5.91 Å². The zero-order chi connectivity index (χ0) is 17.5. The second-order valence-corrected chi connectivity index (χ2v) is 4.80. The van der Waals surface area contributed by atoms with E-state index >= 15 is 0 Å². The van der Waals surface area contributed by atoms with Crippen LogP contribution in [0.4, 0.5) is 11.4 Å². The fourth-order valence-electron chi connectivity index (χ4n) is 2.01. The number of hydrogen-bond acceptors (Lipinski definition) is 4. The number of hydrogen-bond donors (Lipinski definition) is 2. The van der Waals surface area contributed by atoms with Gasteiger partial charge < -0.3 is 10.6 Å². The number of rotatable bonds is 5. The lowest BCUT2D eigenvalue weighted by molar-refractivity contribution is -0.384. The molecule has 2 rings (SSSR count). The summed E-state index contributed by atoms with van der Waals surface area (Å²) >= 11 is 0. The van der Waals surface area contributed by atoms with Gasteiger partial charge in [-0.3, -0.25) is 19.7 Å². The predicted molar refractivity (Wildman–Crippen MR) is 90.6 cm³/mol. The van der Waals surface area contributed by atoms with Gasteiger partial charge in [0.05, 0.1) is 16.2 Å². The lowest BCUT2D eigenvalue weighted by Crippen LogP contribution is -2.20. The van der Waals surface area contributed by atoms with E-state index in [1.54, 1.807) is 30.3 Å². The van der Waals surface area contributed by atoms with Gasteiger partial charge in [-0.05, 0) is 23.8 Å². The van der Waals surface area contributed by atoms with Crippen LogP contribution in [-0.4, -0.2) is 23.8 Å². The van der Waals surface area contributed by atoms with Crippen molar-refractivity contribution in [3.63, 3.8) is 0 Å². The largest absolute Gasteiger partial charge is 0.355 e. The molecular formula is C17H15N3O4. The Kier molecular flexibility index (Phi) is 5.40. The molecule has 0 saturated heterocycles. The topological polar surface area (TPSA) is 101 Å². The lowest BCUT2D eigenvalue weighted by Gasteiger charge is -2.08. The SMILES string of the molecule is CNC(=O)c1ccccc1NC(=O)/C=C/c1cccc([N+](=O)[O-])c1. The van der Waals surface area contributed by atoms with Crippen LogP contribution in [0.2, 0.25) is 0 Å². The number of carbonyl (C=O) groups is 2. The van der Waals surface area contributed by atoms with Crippen LogP contribution >= 0.6 is 0 Å². The highest BCUT2D eigenvalue weighted by atomic mass is 16.6. The molecule has 0 fully saturated rings. The van der Waals surface area contributed by atoms with Crippen LogP contribution in [0, 0.1) is 10.1 Å². The molecule has 24 heavy (non-hydrogen) atoms. The molecule has 0 atom stereocenters. The molecule has 0 saturated carbocycles. The summed E-state index contributed by atoms with van der Waals surface area (Å²) in [5.41, 5.74) is 1.20. The van der Waals surface area contributed by atoms with Crippen molar-refractivity contribution in [3.05, 3.63) is 75.8 Å². The van der Waals surface area contributed by atoms with Crippen molar-refractivity contribution in [2.24, 2.45) is 0 Å². The van der Waals surface area contributed by atoms with Crippen LogP contribution in [0.5, 0.6) is 0 Å².